The van der Waals surface area contributed by atoms with Gasteiger partial charge in [-0.05, 0) is 37.6 Å². The molecule has 0 radical (unpaired) electrons. The summed E-state index contributed by atoms with van der Waals surface area (Å²) < 4.78 is 23.4. The Bertz CT molecular complexity index is 1090. The topological polar surface area (TPSA) is 65.1 Å². The molecule has 3 heterocycles. The Hall–Kier alpha value is -3.03. The molecule has 0 bridgehead atoms. The van der Waals surface area contributed by atoms with Crippen LogP contribution in [-0.4, -0.2) is 62.5 Å². The third-order valence-corrected chi connectivity index (χ3v) is 6.27. The Labute approximate surface area is 194 Å². The first-order chi connectivity index (χ1) is 16.2. The lowest BCUT2D eigenvalue weighted by molar-refractivity contribution is 0.0357. The molecule has 174 valence electrons. The van der Waals surface area contributed by atoms with E-state index < -0.39 is 0 Å². The smallest absolute Gasteiger partial charge is 0.163 e. The van der Waals surface area contributed by atoms with Gasteiger partial charge in [0.15, 0.2) is 11.5 Å². The molecule has 5 rings (SSSR count). The van der Waals surface area contributed by atoms with Crippen molar-refractivity contribution in [2.24, 2.45) is 5.92 Å². The summed E-state index contributed by atoms with van der Waals surface area (Å²) in [4.78, 5) is 6.95. The number of ether oxygens (including phenoxy) is 4. The van der Waals surface area contributed by atoms with Gasteiger partial charge in [-0.3, -0.25) is 9.88 Å². The lowest BCUT2D eigenvalue weighted by atomic mass is 9.97. The van der Waals surface area contributed by atoms with Crippen LogP contribution in [0.5, 0.6) is 17.2 Å². The summed E-state index contributed by atoms with van der Waals surface area (Å²) in [6.45, 7) is 7.33. The highest BCUT2D eigenvalue weighted by Crippen LogP contribution is 2.37. The number of morpholine rings is 1. The van der Waals surface area contributed by atoms with Gasteiger partial charge in [0.1, 0.15) is 11.5 Å². The molecule has 2 unspecified atom stereocenters. The summed E-state index contributed by atoms with van der Waals surface area (Å²) in [5, 5.41) is 4.35. The lowest BCUT2D eigenvalue weighted by Crippen LogP contribution is -2.37. The fourth-order valence-corrected chi connectivity index (χ4v) is 4.55. The maximum absolute atomic E-state index is 6.28. The highest BCUT2D eigenvalue weighted by Gasteiger charge is 2.25. The minimum Gasteiger partial charge on any atom is -0.493 e. The van der Waals surface area contributed by atoms with Gasteiger partial charge in [-0.25, -0.2) is 0 Å². The quantitative estimate of drug-likeness (QED) is 0.617. The van der Waals surface area contributed by atoms with Crippen molar-refractivity contribution in [1.29, 1.82) is 0 Å². The van der Waals surface area contributed by atoms with E-state index in [1.165, 1.54) is 5.70 Å². The van der Waals surface area contributed by atoms with Crippen molar-refractivity contribution < 1.29 is 18.9 Å². The van der Waals surface area contributed by atoms with Crippen LogP contribution in [0.3, 0.4) is 0 Å². The summed E-state index contributed by atoms with van der Waals surface area (Å²) in [5.41, 5.74) is 2.01. The Morgan fingerprint density at radius 3 is 2.88 bits per heavy atom. The van der Waals surface area contributed by atoms with Gasteiger partial charge in [-0.2, -0.15) is 0 Å². The van der Waals surface area contributed by atoms with Crippen LogP contribution in [0.1, 0.15) is 13.3 Å². The van der Waals surface area contributed by atoms with Crippen LogP contribution in [0.15, 0.2) is 60.2 Å². The molecule has 1 N–H and O–H groups in total. The van der Waals surface area contributed by atoms with Gasteiger partial charge in [0.2, 0.25) is 0 Å². The van der Waals surface area contributed by atoms with E-state index in [1.807, 2.05) is 24.3 Å². The number of hydrogen-bond acceptors (Lipinski definition) is 7. The number of rotatable bonds is 8. The second-order valence-corrected chi connectivity index (χ2v) is 8.61. The molecular formula is C26H31N3O4. The Balaban J connectivity index is 1.29. The molecule has 0 saturated carbocycles. The minimum absolute atomic E-state index is 0.310. The van der Waals surface area contributed by atoms with Crippen molar-refractivity contribution in [3.8, 4) is 17.2 Å². The zero-order chi connectivity index (χ0) is 22.6. The van der Waals surface area contributed by atoms with Crippen LogP contribution >= 0.6 is 0 Å². The molecule has 33 heavy (non-hydrogen) atoms. The SMILES string of the molecule is COc1cc2c(OC3=CC4C=C(C)NC4C=C3)ccnc2cc1OCCCN1CCOCC1. The third-order valence-electron chi connectivity index (χ3n) is 6.27. The summed E-state index contributed by atoms with van der Waals surface area (Å²) in [7, 11) is 1.66. The molecule has 2 aromatic rings. The number of hydrogen-bond donors (Lipinski definition) is 1. The molecule has 1 fully saturated rings. The van der Waals surface area contributed by atoms with Crippen LogP contribution in [0, 0.1) is 5.92 Å². The fourth-order valence-electron chi connectivity index (χ4n) is 4.55. The van der Waals surface area contributed by atoms with E-state index in [0.29, 0.717) is 30.1 Å². The van der Waals surface area contributed by atoms with Crippen LogP contribution in [0.2, 0.25) is 0 Å². The third kappa shape index (κ3) is 4.99. The molecule has 1 saturated heterocycles. The predicted molar refractivity (Wildman–Crippen MR) is 128 cm³/mol. The van der Waals surface area contributed by atoms with E-state index >= 15 is 0 Å². The molecule has 1 aromatic heterocycles. The van der Waals surface area contributed by atoms with Crippen molar-refractivity contribution in [3.63, 3.8) is 0 Å². The number of aromatic nitrogens is 1. The van der Waals surface area contributed by atoms with Crippen LogP contribution < -0.4 is 19.5 Å². The van der Waals surface area contributed by atoms with Gasteiger partial charge < -0.3 is 24.3 Å². The van der Waals surface area contributed by atoms with Gasteiger partial charge >= 0.3 is 0 Å². The van der Waals surface area contributed by atoms with E-state index in [4.69, 9.17) is 18.9 Å². The molecule has 1 aromatic carbocycles. The van der Waals surface area contributed by atoms with Crippen LogP contribution in [-0.2, 0) is 4.74 Å². The highest BCUT2D eigenvalue weighted by molar-refractivity contribution is 5.88. The molecule has 0 spiro atoms. The largest absolute Gasteiger partial charge is 0.493 e. The predicted octanol–water partition coefficient (Wildman–Crippen LogP) is 3.67. The molecule has 7 nitrogen and oxygen atoms in total. The van der Waals surface area contributed by atoms with E-state index in [9.17, 15) is 0 Å². The lowest BCUT2D eigenvalue weighted by Gasteiger charge is -2.26. The summed E-state index contributed by atoms with van der Waals surface area (Å²) >= 11 is 0. The van der Waals surface area contributed by atoms with Crippen molar-refractivity contribution in [1.82, 2.24) is 15.2 Å². The first kappa shape index (κ1) is 21.8. The van der Waals surface area contributed by atoms with Crippen molar-refractivity contribution in [2.45, 2.75) is 19.4 Å². The molecule has 1 aliphatic carbocycles. The van der Waals surface area contributed by atoms with Crippen molar-refractivity contribution in [2.75, 3.05) is 46.6 Å². The average Bonchev–Trinajstić information content (AvgIpc) is 3.21. The number of nitrogens with one attached hydrogen (secondary N) is 1. The molecular weight excluding hydrogens is 418 g/mol. The van der Waals surface area contributed by atoms with Crippen LogP contribution in [0.4, 0.5) is 0 Å². The van der Waals surface area contributed by atoms with Gasteiger partial charge in [0.05, 0.1) is 38.5 Å². The number of allylic oxidation sites excluding steroid dienone is 2. The van der Waals surface area contributed by atoms with Crippen LogP contribution in [0.25, 0.3) is 10.9 Å². The molecule has 2 atom stereocenters. The summed E-state index contributed by atoms with van der Waals surface area (Å²) in [5.74, 6) is 3.27. The van der Waals surface area contributed by atoms with E-state index in [-0.39, 0.29) is 0 Å². The van der Waals surface area contributed by atoms with Crippen molar-refractivity contribution >= 4 is 10.9 Å². The maximum Gasteiger partial charge on any atom is 0.163 e. The van der Waals surface area contributed by atoms with Gasteiger partial charge in [0, 0.05) is 48.9 Å². The van der Waals surface area contributed by atoms with E-state index in [0.717, 1.165) is 61.7 Å². The number of fused-ring (bicyclic) bond motifs is 2. The standard InChI is InChI=1S/C26H31N3O4/c1-18-14-19-15-20(4-5-22(19)28-18)33-24-6-7-27-23-17-26(25(30-2)16-21(23)24)32-11-3-8-29-9-12-31-13-10-29/h4-7,14-17,19,22,28H,3,8-13H2,1-2H3. The van der Waals surface area contributed by atoms with Crippen molar-refractivity contribution in [3.05, 3.63) is 60.2 Å². The Morgan fingerprint density at radius 2 is 2.03 bits per heavy atom. The van der Waals surface area contributed by atoms with E-state index in [2.05, 4.69) is 40.4 Å². The minimum atomic E-state index is 0.310. The zero-order valence-electron chi connectivity index (χ0n) is 19.3. The first-order valence-corrected chi connectivity index (χ1v) is 11.6. The monoisotopic (exact) mass is 449 g/mol. The molecule has 7 heteroatoms. The second kappa shape index (κ2) is 9.85. The second-order valence-electron chi connectivity index (χ2n) is 8.61. The number of nitrogens with zero attached hydrogens (tertiary/aromatic N) is 2. The Kier molecular flexibility index (Phi) is 6.51. The summed E-state index contributed by atoms with van der Waals surface area (Å²) in [6, 6.07) is 6.09. The fraction of sp³-hybridized carbons (Fsp3) is 0.423. The number of benzene rings is 1. The first-order valence-electron chi connectivity index (χ1n) is 11.6. The summed E-state index contributed by atoms with van der Waals surface area (Å²) in [6.07, 6.45) is 11.3. The van der Waals surface area contributed by atoms with Gasteiger partial charge in [-0.15, -0.1) is 0 Å². The molecule has 2 aliphatic heterocycles. The molecule has 0 amide bonds. The highest BCUT2D eigenvalue weighted by atomic mass is 16.5. The number of methoxy groups -OCH3 is 1. The Morgan fingerprint density at radius 1 is 1.15 bits per heavy atom. The normalized spacial score (nSPS) is 22.4. The average molecular weight is 450 g/mol. The van der Waals surface area contributed by atoms with Gasteiger partial charge in [0.25, 0.3) is 0 Å². The zero-order valence-corrected chi connectivity index (χ0v) is 19.3. The number of pyridine rings is 1. The maximum atomic E-state index is 6.28. The van der Waals surface area contributed by atoms with E-state index in [1.54, 1.807) is 13.3 Å². The van der Waals surface area contributed by atoms with Gasteiger partial charge in [-0.1, -0.05) is 12.2 Å². The molecule has 3 aliphatic rings.